The second-order valence-electron chi connectivity index (χ2n) is 32.6. The van der Waals surface area contributed by atoms with Crippen molar-refractivity contribution in [1.82, 2.24) is 29.9 Å². The summed E-state index contributed by atoms with van der Waals surface area (Å²) >= 11 is 0. The van der Waals surface area contributed by atoms with Gasteiger partial charge in [0.1, 0.15) is 23.0 Å². The van der Waals surface area contributed by atoms with Crippen LogP contribution in [0.5, 0.6) is 23.0 Å². The fourth-order valence-electron chi connectivity index (χ4n) is 10.8. The zero-order chi connectivity index (χ0) is 65.9. The number of rotatable bonds is 16. The first-order valence-corrected chi connectivity index (χ1v) is 30.8. The molecule has 4 aromatic carbocycles. The molecule has 87 heavy (non-hydrogen) atoms. The fraction of sp³-hybridized carbons (Fsp3) is 0.577. The molecular formula is C71H108N12O4. The summed E-state index contributed by atoms with van der Waals surface area (Å²) in [5.74, 6) is 3.62. The number of aromatic hydroxyl groups is 4. The minimum absolute atomic E-state index is 0.111. The van der Waals surface area contributed by atoms with Gasteiger partial charge < -0.3 is 50.7 Å². The second kappa shape index (κ2) is 24.5. The van der Waals surface area contributed by atoms with Crippen LogP contribution in [0, 0.1) is 0 Å². The van der Waals surface area contributed by atoms with Crippen LogP contribution >= 0.6 is 0 Å². The number of nitrogens with one attached hydrogen (secondary N) is 2. The van der Waals surface area contributed by atoms with E-state index in [9.17, 15) is 20.4 Å². The summed E-state index contributed by atoms with van der Waals surface area (Å²) in [7, 11) is 7.86. The maximum atomic E-state index is 11.6. The van der Waals surface area contributed by atoms with E-state index in [4.69, 9.17) is 29.9 Å². The number of hydrogen-bond donors (Lipinski definition) is 6. The average molecular weight is 1190 g/mol. The Labute approximate surface area is 522 Å². The molecular weight excluding hydrogens is 1080 g/mol. The molecule has 16 nitrogen and oxygen atoms in total. The first-order chi connectivity index (χ1) is 39.4. The number of phenols is 4. The summed E-state index contributed by atoms with van der Waals surface area (Å²) in [5, 5.41) is 53.4. The third-order valence-corrected chi connectivity index (χ3v) is 15.9. The molecule has 6 aromatic rings. The Morgan fingerprint density at radius 3 is 0.563 bits per heavy atom. The molecule has 0 aliphatic rings. The minimum atomic E-state index is -0.317. The largest absolute Gasteiger partial charge is 0.507 e. The lowest BCUT2D eigenvalue weighted by molar-refractivity contribution is 0.421. The minimum Gasteiger partial charge on any atom is -0.507 e. The molecule has 6 rings (SSSR count). The van der Waals surface area contributed by atoms with Crippen LogP contribution in [0.15, 0.2) is 48.5 Å². The van der Waals surface area contributed by atoms with Gasteiger partial charge in [0.15, 0.2) is 0 Å². The lowest BCUT2D eigenvalue weighted by Gasteiger charge is -2.29. The topological polar surface area (TPSA) is 195 Å². The highest BCUT2D eigenvalue weighted by Crippen LogP contribution is 2.45. The van der Waals surface area contributed by atoms with E-state index in [0.29, 0.717) is 84.9 Å². The zero-order valence-electron chi connectivity index (χ0n) is 58.4. The van der Waals surface area contributed by atoms with E-state index in [1.165, 1.54) is 0 Å². The highest BCUT2D eigenvalue weighted by Gasteiger charge is 2.32. The molecule has 0 unspecified atom stereocenters. The Balaban J connectivity index is 1.44. The fourth-order valence-corrected chi connectivity index (χ4v) is 10.8. The second-order valence-corrected chi connectivity index (χ2v) is 32.6. The number of aromatic nitrogens is 6. The number of phenolic OH excluding ortho intramolecular Hbond substituents is 4. The number of anilines is 6. The Hall–Kier alpha value is -7.10. The van der Waals surface area contributed by atoms with Crippen molar-refractivity contribution in [3.05, 3.63) is 115 Å². The van der Waals surface area contributed by atoms with Gasteiger partial charge in [-0.05, 0) is 159 Å². The maximum Gasteiger partial charge on any atom is 0.232 e. The molecule has 0 radical (unpaired) electrons. The molecule has 0 fully saturated rings. The predicted octanol–water partition coefficient (Wildman–Crippen LogP) is 15.3. The Morgan fingerprint density at radius 2 is 0.425 bits per heavy atom. The third kappa shape index (κ3) is 16.8. The van der Waals surface area contributed by atoms with E-state index in [1.54, 1.807) is 0 Å². The molecule has 2 aromatic heterocycles. The quantitative estimate of drug-likeness (QED) is 0.0501. The molecule has 0 aliphatic heterocycles. The summed E-state index contributed by atoms with van der Waals surface area (Å²) in [6.45, 7) is 52.7. The predicted molar refractivity (Wildman–Crippen MR) is 362 cm³/mol. The van der Waals surface area contributed by atoms with E-state index in [0.717, 1.165) is 66.8 Å². The van der Waals surface area contributed by atoms with Crippen LogP contribution in [-0.2, 0) is 69.5 Å². The van der Waals surface area contributed by atoms with Gasteiger partial charge in [-0.3, -0.25) is 0 Å². The molecule has 6 N–H and O–H groups in total. The number of nitrogens with zero attached hydrogens (tertiary/aromatic N) is 10. The summed E-state index contributed by atoms with van der Waals surface area (Å²) in [4.78, 5) is 38.4. The molecule has 476 valence electrons. The molecule has 0 saturated carbocycles. The normalized spacial score (nSPS) is 13.0. The molecule has 16 heteroatoms. The van der Waals surface area contributed by atoms with Gasteiger partial charge in [-0.15, -0.1) is 0 Å². The summed E-state index contributed by atoms with van der Waals surface area (Å²) in [6, 6.07) is 16.7. The van der Waals surface area contributed by atoms with Gasteiger partial charge in [-0.25, -0.2) is 0 Å². The lowest BCUT2D eigenvalue weighted by atomic mass is 9.78. The van der Waals surface area contributed by atoms with Crippen molar-refractivity contribution >= 4 is 35.7 Å². The van der Waals surface area contributed by atoms with Crippen molar-refractivity contribution in [2.24, 2.45) is 0 Å². The summed E-state index contributed by atoms with van der Waals surface area (Å²) in [5.41, 5.74) is 8.47. The molecule has 0 aliphatic carbocycles. The smallest absolute Gasteiger partial charge is 0.232 e. The van der Waals surface area contributed by atoms with Gasteiger partial charge in [0.2, 0.25) is 35.7 Å². The van der Waals surface area contributed by atoms with E-state index >= 15 is 0 Å². The van der Waals surface area contributed by atoms with E-state index in [1.807, 2.05) is 47.8 Å². The molecule has 0 spiro atoms. The van der Waals surface area contributed by atoms with Crippen molar-refractivity contribution in [2.75, 3.05) is 65.1 Å². The van der Waals surface area contributed by atoms with Gasteiger partial charge in [0.05, 0.1) is 6.67 Å². The maximum absolute atomic E-state index is 11.6. The van der Waals surface area contributed by atoms with Gasteiger partial charge >= 0.3 is 0 Å². The third-order valence-electron chi connectivity index (χ3n) is 15.9. The molecule has 2 heterocycles. The van der Waals surface area contributed by atoms with Crippen molar-refractivity contribution < 1.29 is 20.4 Å². The van der Waals surface area contributed by atoms with E-state index in [2.05, 4.69) is 225 Å². The molecule has 0 amide bonds. The van der Waals surface area contributed by atoms with Crippen molar-refractivity contribution in [2.45, 2.75) is 236 Å². The highest BCUT2D eigenvalue weighted by atomic mass is 16.3. The van der Waals surface area contributed by atoms with Crippen LogP contribution in [0.4, 0.5) is 35.7 Å². The van der Waals surface area contributed by atoms with Crippen LogP contribution in [0.2, 0.25) is 0 Å². The highest BCUT2D eigenvalue weighted by molar-refractivity contribution is 5.56. The van der Waals surface area contributed by atoms with Crippen molar-refractivity contribution in [3.8, 4) is 23.0 Å². The van der Waals surface area contributed by atoms with Gasteiger partial charge in [0.25, 0.3) is 0 Å². The Bertz CT molecular complexity index is 2860. The van der Waals surface area contributed by atoms with Crippen LogP contribution < -0.4 is 30.2 Å². The Kier molecular flexibility index (Phi) is 19.4. The first-order valence-electron chi connectivity index (χ1n) is 30.8. The molecule has 0 atom stereocenters. The van der Waals surface area contributed by atoms with Crippen LogP contribution in [-0.4, -0.2) is 85.2 Å². The van der Waals surface area contributed by atoms with Crippen LogP contribution in [0.3, 0.4) is 0 Å². The van der Waals surface area contributed by atoms with Gasteiger partial charge in [0, 0.05) is 54.4 Å². The first kappa shape index (κ1) is 69.0. The van der Waals surface area contributed by atoms with Crippen molar-refractivity contribution in [3.63, 3.8) is 0 Å². The van der Waals surface area contributed by atoms with Crippen LogP contribution in [0.1, 0.15) is 233 Å². The standard InChI is InChI=1S/C71H108N12O4/c1-64(2,3)46-29-42(30-47(54(46)84)65(4,5)6)37-80(25)60-74-58(75-61(78-60)81(26)38-43-31-48(66(7,8)9)55(85)49(32-43)67(10,11)12)72-41-73-59-76-62(82(27)39-44-33-50(68(13,14)15)56(86)51(34-44)69(16,17)18)79-63(77-59)83(28)40-45-35-52(70(19,20)21)57(87)53(36-45)71(22,23)24/h29-36,84-87H,37-41H2,1-28H3,(H,72,74,75,78)(H,73,76,77,79). The van der Waals surface area contributed by atoms with Gasteiger partial charge in [-0.1, -0.05) is 166 Å². The van der Waals surface area contributed by atoms with Gasteiger partial charge in [-0.2, -0.15) is 29.9 Å². The van der Waals surface area contributed by atoms with Crippen LogP contribution in [0.25, 0.3) is 0 Å². The van der Waals surface area contributed by atoms with E-state index < -0.39 is 0 Å². The number of hydrogen-bond acceptors (Lipinski definition) is 16. The molecule has 0 saturated heterocycles. The van der Waals surface area contributed by atoms with E-state index in [-0.39, 0.29) is 50.0 Å². The molecule has 0 bridgehead atoms. The summed E-state index contributed by atoms with van der Waals surface area (Å²) in [6.07, 6.45) is 0. The summed E-state index contributed by atoms with van der Waals surface area (Å²) < 4.78 is 0. The average Bonchev–Trinajstić information content (AvgIpc) is 1.68. The van der Waals surface area contributed by atoms with Crippen molar-refractivity contribution in [1.29, 1.82) is 0 Å². The Morgan fingerprint density at radius 1 is 0.276 bits per heavy atom. The number of benzene rings is 4. The monoisotopic (exact) mass is 1190 g/mol. The SMILES string of the molecule is CN(Cc1cc(C(C)(C)C)c(O)c(C(C)(C)C)c1)c1nc(NCNc2nc(N(C)Cc3cc(C(C)(C)C)c(O)c(C(C)(C)C)c3)nc(N(C)Cc3cc(C(C)(C)C)c(O)c(C(C)(C)C)c3)n2)nc(N(C)Cc2cc(C(C)(C)C)c(O)c(C(C)(C)C)c2)n1. The lowest BCUT2D eigenvalue weighted by Crippen LogP contribution is -2.27. The zero-order valence-corrected chi connectivity index (χ0v) is 58.4.